The van der Waals surface area contributed by atoms with Gasteiger partial charge in [0.2, 0.25) is 0 Å². The molecule has 0 amide bonds. The summed E-state index contributed by atoms with van der Waals surface area (Å²) in [6, 6.07) is 0. The Bertz CT molecular complexity index is 666. The van der Waals surface area contributed by atoms with Gasteiger partial charge in [0.15, 0.2) is 24.6 Å². The first-order valence-electron chi connectivity index (χ1n) is 10.5. The molecule has 1 aliphatic rings. The van der Waals surface area contributed by atoms with E-state index >= 15 is 0 Å². The predicted octanol–water partition coefficient (Wildman–Crippen LogP) is -1.42. The summed E-state index contributed by atoms with van der Waals surface area (Å²) in [6.07, 6.45) is -10.0. The number of rotatable bonds is 12. The molecule has 1 fully saturated rings. The van der Waals surface area contributed by atoms with Gasteiger partial charge in [-0.1, -0.05) is 13.8 Å². The fourth-order valence-corrected chi connectivity index (χ4v) is 2.84. The van der Waals surface area contributed by atoms with Crippen LogP contribution in [-0.2, 0) is 47.6 Å². The van der Waals surface area contributed by atoms with Crippen LogP contribution in [0.4, 0.5) is 0 Å². The molecule has 1 aliphatic heterocycles. The first-order chi connectivity index (χ1) is 15.5. The van der Waals surface area contributed by atoms with Gasteiger partial charge in [-0.2, -0.15) is 0 Å². The van der Waals surface area contributed by atoms with Gasteiger partial charge in [0.05, 0.1) is 13.2 Å². The standard InChI is InChI=1S/C20H32O13/c1-5-15(26)32-18-17(30-11(4)23)14(9-28-10(3)22)31-20(19(18)33-16(27)6-2)29-8-13(25)12(24)7-21/h12-14,17-21,24-25H,5-9H2,1-4H3/t12-,13+,14-,17-,18+,19+,20-/m1/s1. The molecule has 0 unspecified atom stereocenters. The number of aliphatic hydroxyl groups is 3. The molecule has 33 heavy (non-hydrogen) atoms. The highest BCUT2D eigenvalue weighted by Gasteiger charge is 2.53. The molecule has 0 saturated carbocycles. The molecule has 7 atom stereocenters. The van der Waals surface area contributed by atoms with Gasteiger partial charge < -0.3 is 43.7 Å². The van der Waals surface area contributed by atoms with E-state index in [2.05, 4.69) is 0 Å². The van der Waals surface area contributed by atoms with Crippen molar-refractivity contribution in [3.05, 3.63) is 0 Å². The van der Waals surface area contributed by atoms with E-state index in [-0.39, 0.29) is 12.8 Å². The Morgan fingerprint density at radius 1 is 0.848 bits per heavy atom. The Labute approximate surface area is 190 Å². The summed E-state index contributed by atoms with van der Waals surface area (Å²) in [5.74, 6) is -2.86. The maximum absolute atomic E-state index is 12.1. The van der Waals surface area contributed by atoms with Crippen molar-refractivity contribution in [1.29, 1.82) is 0 Å². The first kappa shape index (κ1) is 28.7. The Balaban J connectivity index is 3.32. The minimum Gasteiger partial charge on any atom is -0.463 e. The van der Waals surface area contributed by atoms with Crippen LogP contribution in [0.3, 0.4) is 0 Å². The van der Waals surface area contributed by atoms with Crippen LogP contribution in [0.1, 0.15) is 40.5 Å². The second-order valence-electron chi connectivity index (χ2n) is 7.19. The quantitative estimate of drug-likeness (QED) is 0.219. The summed E-state index contributed by atoms with van der Waals surface area (Å²) in [5, 5.41) is 28.4. The van der Waals surface area contributed by atoms with Gasteiger partial charge in [-0.05, 0) is 0 Å². The topological polar surface area (TPSA) is 184 Å². The number of aliphatic hydroxyl groups excluding tert-OH is 3. The zero-order chi connectivity index (χ0) is 25.1. The van der Waals surface area contributed by atoms with E-state index in [0.29, 0.717) is 0 Å². The zero-order valence-electron chi connectivity index (χ0n) is 19.0. The maximum Gasteiger partial charge on any atom is 0.306 e. The average molecular weight is 480 g/mol. The van der Waals surface area contributed by atoms with E-state index < -0.39 is 86.6 Å². The lowest BCUT2D eigenvalue weighted by molar-refractivity contribution is -0.312. The highest BCUT2D eigenvalue weighted by molar-refractivity contribution is 5.71. The molecule has 13 heteroatoms. The molecule has 1 saturated heterocycles. The van der Waals surface area contributed by atoms with E-state index in [4.69, 9.17) is 33.5 Å². The van der Waals surface area contributed by atoms with Crippen molar-refractivity contribution < 1.29 is 62.9 Å². The van der Waals surface area contributed by atoms with Gasteiger partial charge in [0.25, 0.3) is 0 Å². The van der Waals surface area contributed by atoms with Crippen LogP contribution >= 0.6 is 0 Å². The van der Waals surface area contributed by atoms with Gasteiger partial charge in [0.1, 0.15) is 24.9 Å². The van der Waals surface area contributed by atoms with Gasteiger partial charge in [-0.3, -0.25) is 19.2 Å². The summed E-state index contributed by atoms with van der Waals surface area (Å²) < 4.78 is 32.2. The average Bonchev–Trinajstić information content (AvgIpc) is 2.77. The van der Waals surface area contributed by atoms with Crippen molar-refractivity contribution in [2.75, 3.05) is 19.8 Å². The summed E-state index contributed by atoms with van der Waals surface area (Å²) in [4.78, 5) is 47.2. The molecule has 0 radical (unpaired) electrons. The predicted molar refractivity (Wildman–Crippen MR) is 106 cm³/mol. The van der Waals surface area contributed by atoms with Gasteiger partial charge >= 0.3 is 23.9 Å². The molecule has 0 bridgehead atoms. The smallest absolute Gasteiger partial charge is 0.306 e. The lowest BCUT2D eigenvalue weighted by Gasteiger charge is -2.44. The summed E-state index contributed by atoms with van der Waals surface area (Å²) in [7, 11) is 0. The molecule has 0 aromatic heterocycles. The number of ether oxygens (including phenoxy) is 6. The van der Waals surface area contributed by atoms with Crippen LogP contribution < -0.4 is 0 Å². The van der Waals surface area contributed by atoms with Crippen LogP contribution in [0, 0.1) is 0 Å². The third-order valence-corrected chi connectivity index (χ3v) is 4.52. The number of carbonyl (C=O) groups excluding carboxylic acids is 4. The Kier molecular flexibility index (Phi) is 12.2. The summed E-state index contributed by atoms with van der Waals surface area (Å²) in [6.45, 7) is 3.54. The summed E-state index contributed by atoms with van der Waals surface area (Å²) in [5.41, 5.74) is 0. The Morgan fingerprint density at radius 2 is 1.42 bits per heavy atom. The third-order valence-electron chi connectivity index (χ3n) is 4.52. The fourth-order valence-electron chi connectivity index (χ4n) is 2.84. The number of esters is 4. The van der Waals surface area contributed by atoms with E-state index in [9.17, 15) is 29.4 Å². The minimum atomic E-state index is -1.53. The molecule has 0 aliphatic carbocycles. The van der Waals surface area contributed by atoms with E-state index in [1.165, 1.54) is 13.8 Å². The van der Waals surface area contributed by atoms with Gasteiger partial charge in [-0.15, -0.1) is 0 Å². The van der Waals surface area contributed by atoms with E-state index in [0.717, 1.165) is 13.8 Å². The minimum absolute atomic E-state index is 0.0554. The second kappa shape index (κ2) is 14.1. The third kappa shape index (κ3) is 9.21. The largest absolute Gasteiger partial charge is 0.463 e. The molecule has 1 rings (SSSR count). The second-order valence-corrected chi connectivity index (χ2v) is 7.19. The molecule has 0 aromatic rings. The van der Waals surface area contributed by atoms with Crippen molar-refractivity contribution in [3.8, 4) is 0 Å². The molecule has 190 valence electrons. The van der Waals surface area contributed by atoms with Gasteiger partial charge in [-0.25, -0.2) is 0 Å². The Hall–Kier alpha value is -2.32. The zero-order valence-corrected chi connectivity index (χ0v) is 19.0. The van der Waals surface area contributed by atoms with Crippen molar-refractivity contribution in [3.63, 3.8) is 0 Å². The number of hydrogen-bond acceptors (Lipinski definition) is 13. The van der Waals surface area contributed by atoms with Crippen LogP contribution in [0.25, 0.3) is 0 Å². The van der Waals surface area contributed by atoms with Crippen LogP contribution in [0.5, 0.6) is 0 Å². The normalized spacial score (nSPS) is 26.6. The highest BCUT2D eigenvalue weighted by atomic mass is 16.7. The number of hydrogen-bond donors (Lipinski definition) is 3. The molecule has 1 heterocycles. The molecular weight excluding hydrogens is 448 g/mol. The SMILES string of the molecule is CCC(=O)O[C@@H]1[C@H](OC(=O)CC)[C@H](OC[C@H](O)[C@H](O)CO)O[C@H](COC(C)=O)[C@H]1OC(C)=O. The monoisotopic (exact) mass is 480 g/mol. The van der Waals surface area contributed by atoms with E-state index in [1.54, 1.807) is 0 Å². The van der Waals surface area contributed by atoms with Gasteiger partial charge in [0, 0.05) is 26.7 Å². The van der Waals surface area contributed by atoms with Crippen molar-refractivity contribution in [1.82, 2.24) is 0 Å². The van der Waals surface area contributed by atoms with Crippen LogP contribution in [-0.4, -0.2) is 102 Å². The maximum atomic E-state index is 12.1. The van der Waals surface area contributed by atoms with Crippen molar-refractivity contribution >= 4 is 23.9 Å². The lowest BCUT2D eigenvalue weighted by atomic mass is 9.98. The van der Waals surface area contributed by atoms with E-state index in [1.807, 2.05) is 0 Å². The summed E-state index contributed by atoms with van der Waals surface area (Å²) >= 11 is 0. The van der Waals surface area contributed by atoms with Crippen molar-refractivity contribution in [2.45, 2.75) is 83.5 Å². The lowest BCUT2D eigenvalue weighted by Crippen LogP contribution is -2.63. The molecule has 0 spiro atoms. The molecular formula is C20H32O13. The number of carbonyl (C=O) groups is 4. The molecule has 0 aromatic carbocycles. The van der Waals surface area contributed by atoms with Crippen LogP contribution in [0.15, 0.2) is 0 Å². The fraction of sp³-hybridized carbons (Fsp3) is 0.800. The first-order valence-corrected chi connectivity index (χ1v) is 10.5. The van der Waals surface area contributed by atoms with Crippen LogP contribution in [0.2, 0.25) is 0 Å². The van der Waals surface area contributed by atoms with Crippen molar-refractivity contribution in [2.24, 2.45) is 0 Å². The molecule has 13 nitrogen and oxygen atoms in total. The molecule has 3 N–H and O–H groups in total. The highest BCUT2D eigenvalue weighted by Crippen LogP contribution is 2.30. The Morgan fingerprint density at radius 3 is 1.91 bits per heavy atom.